The SMILES string of the molecule is CCCn1ncc(C(=O)N(C)Cc2cccc3ncccc23)c1C. The Bertz CT molecular complexity index is 863. The molecule has 24 heavy (non-hydrogen) atoms. The highest BCUT2D eigenvalue weighted by Crippen LogP contribution is 2.19. The van der Waals surface area contributed by atoms with Gasteiger partial charge >= 0.3 is 0 Å². The third-order valence-corrected chi connectivity index (χ3v) is 4.26. The molecule has 3 rings (SSSR count). The average molecular weight is 322 g/mol. The van der Waals surface area contributed by atoms with Gasteiger partial charge in [-0.1, -0.05) is 25.1 Å². The summed E-state index contributed by atoms with van der Waals surface area (Å²) in [5, 5.41) is 5.41. The van der Waals surface area contributed by atoms with Crippen LogP contribution in [0.15, 0.2) is 42.7 Å². The van der Waals surface area contributed by atoms with E-state index in [0.29, 0.717) is 12.1 Å². The van der Waals surface area contributed by atoms with Gasteiger partial charge in [0, 0.05) is 37.4 Å². The van der Waals surface area contributed by atoms with Crippen molar-refractivity contribution in [3.8, 4) is 0 Å². The molecule has 124 valence electrons. The molecule has 0 saturated heterocycles. The lowest BCUT2D eigenvalue weighted by atomic mass is 10.1. The van der Waals surface area contributed by atoms with E-state index in [1.54, 1.807) is 17.3 Å². The Labute approximate surface area is 141 Å². The van der Waals surface area contributed by atoms with Gasteiger partial charge in [-0.2, -0.15) is 5.10 Å². The molecule has 5 heteroatoms. The summed E-state index contributed by atoms with van der Waals surface area (Å²) in [6.45, 7) is 5.42. The lowest BCUT2D eigenvalue weighted by Crippen LogP contribution is -2.26. The van der Waals surface area contributed by atoms with Crippen LogP contribution in [0.2, 0.25) is 0 Å². The first-order valence-corrected chi connectivity index (χ1v) is 8.22. The molecule has 0 fully saturated rings. The third kappa shape index (κ3) is 3.02. The first-order chi connectivity index (χ1) is 11.6. The summed E-state index contributed by atoms with van der Waals surface area (Å²) in [6.07, 6.45) is 4.45. The van der Waals surface area contributed by atoms with Crippen molar-refractivity contribution in [2.75, 3.05) is 7.05 Å². The summed E-state index contributed by atoms with van der Waals surface area (Å²) in [4.78, 5) is 18.9. The quantitative estimate of drug-likeness (QED) is 0.723. The molecule has 0 aliphatic heterocycles. The van der Waals surface area contributed by atoms with E-state index in [2.05, 4.69) is 17.0 Å². The van der Waals surface area contributed by atoms with Crippen LogP contribution in [0.25, 0.3) is 10.9 Å². The maximum absolute atomic E-state index is 12.8. The summed E-state index contributed by atoms with van der Waals surface area (Å²) >= 11 is 0. The van der Waals surface area contributed by atoms with E-state index in [4.69, 9.17) is 0 Å². The summed E-state index contributed by atoms with van der Waals surface area (Å²) < 4.78 is 1.89. The Kier molecular flexibility index (Phi) is 4.60. The molecule has 1 amide bonds. The van der Waals surface area contributed by atoms with Crippen LogP contribution < -0.4 is 0 Å². The van der Waals surface area contributed by atoms with Crippen LogP contribution in [-0.4, -0.2) is 32.6 Å². The number of amides is 1. The molecule has 0 spiro atoms. The molecule has 0 bridgehead atoms. The number of hydrogen-bond donors (Lipinski definition) is 0. The zero-order valence-corrected chi connectivity index (χ0v) is 14.4. The molecule has 1 aromatic carbocycles. The monoisotopic (exact) mass is 322 g/mol. The lowest BCUT2D eigenvalue weighted by molar-refractivity contribution is 0.0784. The van der Waals surface area contributed by atoms with Gasteiger partial charge in [0.15, 0.2) is 0 Å². The Hall–Kier alpha value is -2.69. The van der Waals surface area contributed by atoms with Crippen LogP contribution in [0.5, 0.6) is 0 Å². The van der Waals surface area contributed by atoms with Crippen LogP contribution in [0, 0.1) is 6.92 Å². The van der Waals surface area contributed by atoms with E-state index in [1.165, 1.54) is 0 Å². The van der Waals surface area contributed by atoms with E-state index >= 15 is 0 Å². The molecule has 5 nitrogen and oxygen atoms in total. The number of carbonyl (C=O) groups excluding carboxylic acids is 1. The highest BCUT2D eigenvalue weighted by molar-refractivity contribution is 5.95. The number of carbonyl (C=O) groups is 1. The molecule has 0 radical (unpaired) electrons. The maximum atomic E-state index is 12.8. The summed E-state index contributed by atoms with van der Waals surface area (Å²) in [7, 11) is 1.83. The van der Waals surface area contributed by atoms with Crippen molar-refractivity contribution in [3.05, 3.63) is 59.5 Å². The van der Waals surface area contributed by atoms with Gasteiger partial charge in [-0.3, -0.25) is 14.5 Å². The largest absolute Gasteiger partial charge is 0.337 e. The highest BCUT2D eigenvalue weighted by atomic mass is 16.2. The van der Waals surface area contributed by atoms with Crippen LogP contribution in [0.1, 0.15) is 35.0 Å². The number of rotatable bonds is 5. The van der Waals surface area contributed by atoms with Gasteiger partial charge in [0.2, 0.25) is 0 Å². The average Bonchev–Trinajstić information content (AvgIpc) is 2.96. The van der Waals surface area contributed by atoms with Gasteiger partial charge in [-0.05, 0) is 31.0 Å². The highest BCUT2D eigenvalue weighted by Gasteiger charge is 2.18. The van der Waals surface area contributed by atoms with Crippen molar-refractivity contribution >= 4 is 16.8 Å². The van der Waals surface area contributed by atoms with Crippen LogP contribution >= 0.6 is 0 Å². The van der Waals surface area contributed by atoms with E-state index in [1.807, 2.05) is 49.0 Å². The minimum atomic E-state index is -0.00394. The number of aryl methyl sites for hydroxylation is 1. The zero-order chi connectivity index (χ0) is 17.1. The molecule has 0 N–H and O–H groups in total. The molecule has 0 aliphatic carbocycles. The molecule has 2 aromatic heterocycles. The fourth-order valence-corrected chi connectivity index (χ4v) is 2.93. The van der Waals surface area contributed by atoms with E-state index in [9.17, 15) is 4.79 Å². The number of hydrogen-bond acceptors (Lipinski definition) is 3. The van der Waals surface area contributed by atoms with Gasteiger partial charge in [0.05, 0.1) is 17.3 Å². The van der Waals surface area contributed by atoms with Gasteiger partial charge in [-0.25, -0.2) is 0 Å². The summed E-state index contributed by atoms with van der Waals surface area (Å²) in [6, 6.07) is 9.97. The normalized spacial score (nSPS) is 11.0. The second-order valence-corrected chi connectivity index (χ2v) is 6.02. The Morgan fingerprint density at radius 1 is 1.25 bits per heavy atom. The number of aromatic nitrogens is 3. The van der Waals surface area contributed by atoms with Crippen molar-refractivity contribution < 1.29 is 4.79 Å². The van der Waals surface area contributed by atoms with Crippen LogP contribution in [0.4, 0.5) is 0 Å². The fraction of sp³-hybridized carbons (Fsp3) is 0.316. The number of nitrogens with zero attached hydrogens (tertiary/aromatic N) is 4. The smallest absolute Gasteiger partial charge is 0.257 e. The van der Waals surface area contributed by atoms with Gasteiger partial charge in [-0.15, -0.1) is 0 Å². The molecule has 3 aromatic rings. The van der Waals surface area contributed by atoms with Crippen LogP contribution in [-0.2, 0) is 13.1 Å². The van der Waals surface area contributed by atoms with E-state index in [-0.39, 0.29) is 5.91 Å². The molecule has 0 aliphatic rings. The molecular formula is C19H22N4O. The molecule has 0 saturated carbocycles. The van der Waals surface area contributed by atoms with Crippen molar-refractivity contribution in [1.29, 1.82) is 0 Å². The molecule has 0 unspecified atom stereocenters. The molecular weight excluding hydrogens is 300 g/mol. The number of pyridine rings is 1. The number of benzene rings is 1. The summed E-state index contributed by atoms with van der Waals surface area (Å²) in [5.74, 6) is -0.00394. The zero-order valence-electron chi connectivity index (χ0n) is 14.4. The van der Waals surface area contributed by atoms with Gasteiger partial charge < -0.3 is 4.90 Å². The Morgan fingerprint density at radius 3 is 2.88 bits per heavy atom. The van der Waals surface area contributed by atoms with Crippen molar-refractivity contribution in [1.82, 2.24) is 19.7 Å². The second-order valence-electron chi connectivity index (χ2n) is 6.02. The third-order valence-electron chi connectivity index (χ3n) is 4.26. The predicted octanol–water partition coefficient (Wildman–Crippen LogP) is 3.42. The number of fused-ring (bicyclic) bond motifs is 1. The molecule has 2 heterocycles. The van der Waals surface area contributed by atoms with E-state index in [0.717, 1.165) is 35.1 Å². The first kappa shape index (κ1) is 16.2. The van der Waals surface area contributed by atoms with Crippen molar-refractivity contribution in [2.24, 2.45) is 0 Å². The molecule has 0 atom stereocenters. The predicted molar refractivity (Wildman–Crippen MR) is 94.8 cm³/mol. The van der Waals surface area contributed by atoms with Crippen LogP contribution in [0.3, 0.4) is 0 Å². The lowest BCUT2D eigenvalue weighted by Gasteiger charge is -2.18. The van der Waals surface area contributed by atoms with Crippen molar-refractivity contribution in [3.63, 3.8) is 0 Å². The topological polar surface area (TPSA) is 51.0 Å². The second kappa shape index (κ2) is 6.83. The van der Waals surface area contributed by atoms with E-state index < -0.39 is 0 Å². The Morgan fingerprint density at radius 2 is 2.08 bits per heavy atom. The van der Waals surface area contributed by atoms with Gasteiger partial charge in [0.1, 0.15) is 0 Å². The van der Waals surface area contributed by atoms with Gasteiger partial charge in [0.25, 0.3) is 5.91 Å². The minimum Gasteiger partial charge on any atom is -0.337 e. The minimum absolute atomic E-state index is 0.00394. The Balaban J connectivity index is 1.84. The standard InChI is InChI=1S/C19H22N4O/c1-4-11-23-14(2)17(12-21-23)19(24)22(3)13-15-7-5-9-18-16(15)8-6-10-20-18/h5-10,12H,4,11,13H2,1-3H3. The summed E-state index contributed by atoms with van der Waals surface area (Å²) in [5.41, 5.74) is 3.63. The maximum Gasteiger partial charge on any atom is 0.257 e. The first-order valence-electron chi connectivity index (χ1n) is 8.22. The fourth-order valence-electron chi connectivity index (χ4n) is 2.93. The van der Waals surface area contributed by atoms with Crippen molar-refractivity contribution in [2.45, 2.75) is 33.4 Å².